The molecule has 0 aliphatic carbocycles. The normalized spacial score (nSPS) is 10.9. The van der Waals surface area contributed by atoms with Gasteiger partial charge in [-0.15, -0.1) is 4.68 Å². The number of hydrogen-bond acceptors (Lipinski definition) is 5. The Kier molecular flexibility index (Phi) is 5.41. The molecular weight excluding hydrogens is 278 g/mol. The second-order valence-electron chi connectivity index (χ2n) is 4.75. The van der Waals surface area contributed by atoms with Crippen LogP contribution < -0.4 is 14.3 Å². The number of ether oxygens (including phenoxy) is 1. The predicted octanol–water partition coefficient (Wildman–Crippen LogP) is 3.18. The molecule has 0 aliphatic heterocycles. The molecule has 0 fully saturated rings. The van der Waals surface area contributed by atoms with Crippen LogP contribution in [0.1, 0.15) is 13.8 Å². The van der Waals surface area contributed by atoms with Crippen LogP contribution in [0, 0.1) is 0 Å². The van der Waals surface area contributed by atoms with Gasteiger partial charge in [0.2, 0.25) is 0 Å². The quantitative estimate of drug-likeness (QED) is 0.608. The molecule has 6 heteroatoms. The molecule has 1 aromatic heterocycles. The van der Waals surface area contributed by atoms with Gasteiger partial charge in [-0.1, -0.05) is 0 Å². The smallest absolute Gasteiger partial charge is 0.370 e. The molecule has 1 heterocycles. The second kappa shape index (κ2) is 7.49. The fourth-order valence-corrected chi connectivity index (χ4v) is 2.12. The van der Waals surface area contributed by atoms with Crippen molar-refractivity contribution in [2.75, 3.05) is 25.1 Å². The number of azo groups is 1. The maximum absolute atomic E-state index is 5.06. The van der Waals surface area contributed by atoms with E-state index in [4.69, 9.17) is 4.74 Å². The van der Waals surface area contributed by atoms with E-state index in [9.17, 15) is 0 Å². The third-order valence-corrected chi connectivity index (χ3v) is 3.41. The maximum atomic E-state index is 5.06. The molecule has 0 N–H and O–H groups in total. The number of methoxy groups -OCH3 is 1. The number of rotatable bonds is 6. The Balaban J connectivity index is 2.13. The first-order valence-corrected chi connectivity index (χ1v) is 7.36. The summed E-state index contributed by atoms with van der Waals surface area (Å²) in [5, 5.41) is 12.7. The molecule has 0 spiro atoms. The van der Waals surface area contributed by atoms with E-state index in [1.165, 1.54) is 5.69 Å². The van der Waals surface area contributed by atoms with Gasteiger partial charge in [0.15, 0.2) is 0 Å². The summed E-state index contributed by atoms with van der Waals surface area (Å²) in [6.07, 6.45) is 0. The summed E-state index contributed by atoms with van der Waals surface area (Å²) in [5.74, 6) is 1.21. The Bertz CT molecular complexity index is 635. The summed E-state index contributed by atoms with van der Waals surface area (Å²) in [5.41, 5.74) is 2.01. The largest absolute Gasteiger partial charge is 0.479 e. The molecule has 0 bridgehead atoms. The second-order valence-corrected chi connectivity index (χ2v) is 4.75. The van der Waals surface area contributed by atoms with E-state index in [1.54, 1.807) is 24.9 Å². The van der Waals surface area contributed by atoms with E-state index < -0.39 is 0 Å². The summed E-state index contributed by atoms with van der Waals surface area (Å²) in [6.45, 7) is 6.27. The van der Waals surface area contributed by atoms with Crippen molar-refractivity contribution in [2.24, 2.45) is 17.3 Å². The van der Waals surface area contributed by atoms with Crippen LogP contribution in [0.25, 0.3) is 0 Å². The topological polar surface area (TPSA) is 54.0 Å². The molecule has 1 aromatic carbocycles. The van der Waals surface area contributed by atoms with Crippen molar-refractivity contribution in [3.05, 3.63) is 36.4 Å². The fraction of sp³-hybridized carbons (Fsp3) is 0.375. The van der Waals surface area contributed by atoms with Crippen LogP contribution in [0.15, 0.2) is 46.6 Å². The van der Waals surface area contributed by atoms with Crippen molar-refractivity contribution in [3.8, 4) is 5.88 Å². The lowest BCUT2D eigenvalue weighted by Crippen LogP contribution is -2.33. The van der Waals surface area contributed by atoms with E-state index in [1.807, 2.05) is 18.2 Å². The molecule has 0 saturated heterocycles. The Morgan fingerprint density at radius 2 is 1.73 bits per heavy atom. The van der Waals surface area contributed by atoms with Crippen LogP contribution in [0.2, 0.25) is 0 Å². The molecule has 22 heavy (non-hydrogen) atoms. The fourth-order valence-electron chi connectivity index (χ4n) is 2.12. The molecular formula is C16H22N5O+. The summed E-state index contributed by atoms with van der Waals surface area (Å²) in [4.78, 5) is 2.29. The highest BCUT2D eigenvalue weighted by atomic mass is 16.5. The highest BCUT2D eigenvalue weighted by Gasteiger charge is 2.09. The number of hydrogen-bond donors (Lipinski definition) is 0. The molecule has 0 radical (unpaired) electrons. The van der Waals surface area contributed by atoms with E-state index >= 15 is 0 Å². The van der Waals surface area contributed by atoms with Gasteiger partial charge in [0, 0.05) is 30.9 Å². The first-order chi connectivity index (χ1) is 10.7. The minimum Gasteiger partial charge on any atom is -0.479 e. The van der Waals surface area contributed by atoms with Crippen LogP contribution in [-0.4, -0.2) is 25.3 Å². The molecule has 0 aliphatic rings. The summed E-state index contributed by atoms with van der Waals surface area (Å²) < 4.78 is 6.69. The Morgan fingerprint density at radius 3 is 2.27 bits per heavy atom. The van der Waals surface area contributed by atoms with Crippen LogP contribution >= 0.6 is 0 Å². The Hall–Kier alpha value is -2.50. The van der Waals surface area contributed by atoms with Crippen molar-refractivity contribution in [2.45, 2.75) is 13.8 Å². The lowest BCUT2D eigenvalue weighted by atomic mass is 10.2. The summed E-state index contributed by atoms with van der Waals surface area (Å²) >= 11 is 0. The number of benzene rings is 1. The standard InChI is InChI=1S/C16H22N5O/c1-5-21(6-2)14-9-7-13(8-10-14)17-18-15-11-12-16(22-4)19-20(15)3/h7-12H,5-6H2,1-4H3/q+1. The van der Waals surface area contributed by atoms with Gasteiger partial charge >= 0.3 is 5.82 Å². The molecule has 116 valence electrons. The molecule has 0 amide bonds. The van der Waals surface area contributed by atoms with Crippen molar-refractivity contribution in [1.82, 2.24) is 5.10 Å². The zero-order valence-electron chi connectivity index (χ0n) is 13.5. The van der Waals surface area contributed by atoms with Gasteiger partial charge in [-0.3, -0.25) is 0 Å². The van der Waals surface area contributed by atoms with E-state index in [0.29, 0.717) is 11.7 Å². The minimum absolute atomic E-state index is 0.546. The van der Waals surface area contributed by atoms with Crippen LogP contribution in [0.4, 0.5) is 17.2 Å². The van der Waals surface area contributed by atoms with E-state index in [-0.39, 0.29) is 0 Å². The zero-order chi connectivity index (χ0) is 15.9. The van der Waals surface area contributed by atoms with E-state index in [2.05, 4.69) is 46.2 Å². The average Bonchev–Trinajstić information content (AvgIpc) is 2.56. The van der Waals surface area contributed by atoms with Crippen LogP contribution in [-0.2, 0) is 7.05 Å². The van der Waals surface area contributed by atoms with Gasteiger partial charge in [0.1, 0.15) is 12.7 Å². The van der Waals surface area contributed by atoms with Crippen LogP contribution in [0.3, 0.4) is 0 Å². The molecule has 6 nitrogen and oxygen atoms in total. The maximum Gasteiger partial charge on any atom is 0.370 e. The van der Waals surface area contributed by atoms with Crippen molar-refractivity contribution in [1.29, 1.82) is 0 Å². The SMILES string of the molecule is CCN(CC)c1ccc(N=Nc2ccc(OC)n[n+]2C)cc1. The third-order valence-electron chi connectivity index (χ3n) is 3.41. The molecule has 2 aromatic rings. The van der Waals surface area contributed by atoms with Crippen molar-refractivity contribution in [3.63, 3.8) is 0 Å². The third kappa shape index (κ3) is 3.78. The number of anilines is 1. The van der Waals surface area contributed by atoms with Gasteiger partial charge in [-0.05, 0) is 48.3 Å². The number of nitrogens with zero attached hydrogens (tertiary/aromatic N) is 5. The zero-order valence-corrected chi connectivity index (χ0v) is 13.5. The van der Waals surface area contributed by atoms with Gasteiger partial charge in [0.25, 0.3) is 5.88 Å². The monoisotopic (exact) mass is 300 g/mol. The molecule has 0 unspecified atom stereocenters. The Morgan fingerprint density at radius 1 is 1.05 bits per heavy atom. The van der Waals surface area contributed by atoms with Crippen molar-refractivity contribution >= 4 is 17.2 Å². The summed E-state index contributed by atoms with van der Waals surface area (Å²) in [7, 11) is 3.39. The number of aryl methyl sites for hydroxylation is 1. The summed E-state index contributed by atoms with van der Waals surface area (Å²) in [6, 6.07) is 11.6. The van der Waals surface area contributed by atoms with Crippen molar-refractivity contribution < 1.29 is 9.42 Å². The van der Waals surface area contributed by atoms with Gasteiger partial charge in [-0.2, -0.15) is 0 Å². The average molecular weight is 300 g/mol. The van der Waals surface area contributed by atoms with Gasteiger partial charge in [-0.25, -0.2) is 0 Å². The molecule has 2 rings (SSSR count). The first kappa shape index (κ1) is 15.9. The minimum atomic E-state index is 0.546. The lowest BCUT2D eigenvalue weighted by molar-refractivity contribution is -0.718. The van der Waals surface area contributed by atoms with Crippen LogP contribution in [0.5, 0.6) is 5.88 Å². The first-order valence-electron chi connectivity index (χ1n) is 7.36. The highest BCUT2D eigenvalue weighted by molar-refractivity contribution is 5.52. The molecule has 0 atom stereocenters. The molecule has 0 saturated carbocycles. The van der Waals surface area contributed by atoms with Gasteiger partial charge in [0.05, 0.1) is 12.2 Å². The highest BCUT2D eigenvalue weighted by Crippen LogP contribution is 2.21. The predicted molar refractivity (Wildman–Crippen MR) is 86.1 cm³/mol. The van der Waals surface area contributed by atoms with Gasteiger partial charge < -0.3 is 9.64 Å². The van der Waals surface area contributed by atoms with E-state index in [0.717, 1.165) is 18.8 Å². The lowest BCUT2D eigenvalue weighted by Gasteiger charge is -2.20. The Labute approximate surface area is 131 Å². The number of aromatic nitrogens is 2.